The van der Waals surface area contributed by atoms with Crippen LogP contribution in [0.25, 0.3) is 0 Å². The van der Waals surface area contributed by atoms with E-state index in [9.17, 15) is 9.59 Å². The van der Waals surface area contributed by atoms with E-state index in [1.54, 1.807) is 0 Å². The minimum Gasteiger partial charge on any atom is -0.326 e. The average Bonchev–Trinajstić information content (AvgIpc) is 2.56. The number of imide groups is 1. The highest BCUT2D eigenvalue weighted by molar-refractivity contribution is 6.04. The highest BCUT2D eigenvalue weighted by atomic mass is 16.2. The first kappa shape index (κ1) is 9.71. The van der Waals surface area contributed by atoms with E-state index < -0.39 is 6.03 Å². The summed E-state index contributed by atoms with van der Waals surface area (Å²) in [6.45, 7) is 0. The van der Waals surface area contributed by atoms with Crippen molar-refractivity contribution < 1.29 is 9.59 Å². The van der Waals surface area contributed by atoms with Gasteiger partial charge in [-0.2, -0.15) is 0 Å². The fourth-order valence-electron chi connectivity index (χ4n) is 1.62. The van der Waals surface area contributed by atoms with Crippen LogP contribution in [-0.4, -0.2) is 18.0 Å². The number of urea groups is 1. The zero-order valence-corrected chi connectivity index (χ0v) is 8.19. The number of rotatable bonds is 3. The number of aryl methyl sites for hydroxylation is 1. The molecule has 1 unspecified atom stereocenters. The first-order valence-corrected chi connectivity index (χ1v) is 4.91. The number of carbonyl (C=O) groups excluding carboxylic acids is 2. The van der Waals surface area contributed by atoms with Crippen molar-refractivity contribution in [3.05, 3.63) is 35.9 Å². The van der Waals surface area contributed by atoms with E-state index in [2.05, 4.69) is 10.6 Å². The Morgan fingerprint density at radius 1 is 1.13 bits per heavy atom. The molecule has 2 N–H and O–H groups in total. The highest BCUT2D eigenvalue weighted by Crippen LogP contribution is 2.07. The molecular weight excluding hydrogens is 192 g/mol. The number of hydrogen-bond acceptors (Lipinski definition) is 2. The molecule has 1 aromatic rings. The Labute approximate surface area is 87.7 Å². The van der Waals surface area contributed by atoms with Gasteiger partial charge < -0.3 is 5.32 Å². The number of nitrogens with one attached hydrogen (secondary N) is 2. The molecule has 15 heavy (non-hydrogen) atoms. The second-order valence-electron chi connectivity index (χ2n) is 3.54. The van der Waals surface area contributed by atoms with Crippen molar-refractivity contribution in [3.63, 3.8) is 0 Å². The third-order valence-corrected chi connectivity index (χ3v) is 2.42. The van der Waals surface area contributed by atoms with Crippen LogP contribution in [0, 0.1) is 0 Å². The fraction of sp³-hybridized carbons (Fsp3) is 0.273. The molecule has 1 aliphatic heterocycles. The summed E-state index contributed by atoms with van der Waals surface area (Å²) >= 11 is 0. The van der Waals surface area contributed by atoms with Crippen LogP contribution in [0.2, 0.25) is 0 Å². The summed E-state index contributed by atoms with van der Waals surface area (Å²) in [6, 6.07) is 9.12. The van der Waals surface area contributed by atoms with E-state index in [0.29, 0.717) is 6.42 Å². The van der Waals surface area contributed by atoms with Crippen molar-refractivity contribution >= 4 is 11.9 Å². The lowest BCUT2D eigenvalue weighted by Crippen LogP contribution is -2.29. The maximum Gasteiger partial charge on any atom is 0.322 e. The van der Waals surface area contributed by atoms with Gasteiger partial charge in [-0.1, -0.05) is 30.3 Å². The van der Waals surface area contributed by atoms with E-state index in [1.165, 1.54) is 5.56 Å². The summed E-state index contributed by atoms with van der Waals surface area (Å²) in [4.78, 5) is 22.0. The van der Waals surface area contributed by atoms with Gasteiger partial charge in [-0.25, -0.2) is 4.79 Å². The number of hydrogen-bond donors (Lipinski definition) is 2. The summed E-state index contributed by atoms with van der Waals surface area (Å²) < 4.78 is 0. The minimum atomic E-state index is -0.391. The van der Waals surface area contributed by atoms with Crippen LogP contribution in [0.15, 0.2) is 30.3 Å². The lowest BCUT2D eigenvalue weighted by molar-refractivity contribution is -0.120. The molecule has 0 aliphatic carbocycles. The molecule has 1 fully saturated rings. The van der Waals surface area contributed by atoms with Gasteiger partial charge in [-0.05, 0) is 18.4 Å². The van der Waals surface area contributed by atoms with E-state index in [1.807, 2.05) is 30.3 Å². The summed E-state index contributed by atoms with van der Waals surface area (Å²) in [7, 11) is 0. The maximum atomic E-state index is 11.2. The molecule has 0 bridgehead atoms. The maximum absolute atomic E-state index is 11.2. The molecule has 3 amide bonds. The molecule has 0 aromatic heterocycles. The van der Waals surface area contributed by atoms with E-state index >= 15 is 0 Å². The van der Waals surface area contributed by atoms with Gasteiger partial charge in [0.05, 0.1) is 0 Å². The first-order valence-electron chi connectivity index (χ1n) is 4.91. The van der Waals surface area contributed by atoms with Crippen molar-refractivity contribution in [2.75, 3.05) is 0 Å². The van der Waals surface area contributed by atoms with Crippen molar-refractivity contribution in [2.45, 2.75) is 18.9 Å². The Balaban J connectivity index is 1.89. The van der Waals surface area contributed by atoms with Gasteiger partial charge in [-0.3, -0.25) is 10.1 Å². The summed E-state index contributed by atoms with van der Waals surface area (Å²) in [5, 5.41) is 4.79. The highest BCUT2D eigenvalue weighted by Gasteiger charge is 2.28. The second-order valence-corrected chi connectivity index (χ2v) is 3.54. The van der Waals surface area contributed by atoms with Gasteiger partial charge in [0.15, 0.2) is 0 Å². The van der Waals surface area contributed by atoms with Crippen LogP contribution in [0.3, 0.4) is 0 Å². The molecule has 0 saturated carbocycles. The van der Waals surface area contributed by atoms with Gasteiger partial charge in [0.1, 0.15) is 6.04 Å². The molecule has 1 atom stereocenters. The molecule has 1 saturated heterocycles. The average molecular weight is 204 g/mol. The van der Waals surface area contributed by atoms with Crippen molar-refractivity contribution in [1.82, 2.24) is 10.6 Å². The van der Waals surface area contributed by atoms with Crippen LogP contribution >= 0.6 is 0 Å². The van der Waals surface area contributed by atoms with Gasteiger partial charge in [0.2, 0.25) is 0 Å². The number of benzene rings is 1. The zero-order valence-electron chi connectivity index (χ0n) is 8.19. The first-order chi connectivity index (χ1) is 7.25. The molecule has 78 valence electrons. The zero-order chi connectivity index (χ0) is 10.7. The Bertz CT molecular complexity index is 375. The van der Waals surface area contributed by atoms with Crippen LogP contribution in [-0.2, 0) is 11.2 Å². The lowest BCUT2D eigenvalue weighted by atomic mass is 10.1. The van der Waals surface area contributed by atoms with Gasteiger partial charge in [-0.15, -0.1) is 0 Å². The smallest absolute Gasteiger partial charge is 0.322 e. The molecule has 4 nitrogen and oxygen atoms in total. The van der Waals surface area contributed by atoms with E-state index in [0.717, 1.165) is 6.42 Å². The van der Waals surface area contributed by atoms with Gasteiger partial charge in [0, 0.05) is 0 Å². The summed E-state index contributed by atoms with van der Waals surface area (Å²) in [5.41, 5.74) is 1.17. The Morgan fingerprint density at radius 2 is 1.87 bits per heavy atom. The largest absolute Gasteiger partial charge is 0.326 e. The molecular formula is C11H12N2O2. The second kappa shape index (κ2) is 4.13. The fourth-order valence-corrected chi connectivity index (χ4v) is 1.62. The Morgan fingerprint density at radius 3 is 2.47 bits per heavy atom. The van der Waals surface area contributed by atoms with Gasteiger partial charge in [0.25, 0.3) is 5.91 Å². The normalized spacial score (nSPS) is 19.9. The van der Waals surface area contributed by atoms with Gasteiger partial charge >= 0.3 is 6.03 Å². The van der Waals surface area contributed by atoms with Crippen LogP contribution in [0.1, 0.15) is 12.0 Å². The SMILES string of the molecule is O=C1NC(=O)C(CCc2ccccc2)N1. The van der Waals surface area contributed by atoms with Crippen molar-refractivity contribution in [3.8, 4) is 0 Å². The standard InChI is InChI=1S/C11H12N2O2/c14-10-9(12-11(15)13-10)7-6-8-4-2-1-3-5-8/h1-5,9H,6-7H2,(H2,12,13,14,15). The molecule has 2 rings (SSSR count). The topological polar surface area (TPSA) is 58.2 Å². The van der Waals surface area contributed by atoms with Crippen molar-refractivity contribution in [1.29, 1.82) is 0 Å². The Kier molecular flexibility index (Phi) is 2.67. The molecule has 1 aliphatic rings. The van der Waals surface area contributed by atoms with Crippen LogP contribution in [0.5, 0.6) is 0 Å². The van der Waals surface area contributed by atoms with Crippen LogP contribution < -0.4 is 10.6 Å². The Hall–Kier alpha value is -1.84. The van der Waals surface area contributed by atoms with E-state index in [4.69, 9.17) is 0 Å². The monoisotopic (exact) mass is 204 g/mol. The van der Waals surface area contributed by atoms with Crippen molar-refractivity contribution in [2.24, 2.45) is 0 Å². The summed E-state index contributed by atoms with van der Waals surface area (Å²) in [5.74, 6) is -0.226. The predicted octanol–water partition coefficient (Wildman–Crippen LogP) is 0.827. The quantitative estimate of drug-likeness (QED) is 0.716. The molecule has 1 heterocycles. The number of carbonyl (C=O) groups is 2. The molecule has 0 spiro atoms. The minimum absolute atomic E-state index is 0.226. The molecule has 1 aromatic carbocycles. The third-order valence-electron chi connectivity index (χ3n) is 2.42. The molecule has 4 heteroatoms. The number of amides is 3. The molecule has 0 radical (unpaired) electrons. The lowest BCUT2D eigenvalue weighted by Gasteiger charge is -2.06. The van der Waals surface area contributed by atoms with E-state index in [-0.39, 0.29) is 11.9 Å². The summed E-state index contributed by atoms with van der Waals surface area (Å²) in [6.07, 6.45) is 1.43. The third kappa shape index (κ3) is 2.34. The van der Waals surface area contributed by atoms with Crippen LogP contribution in [0.4, 0.5) is 4.79 Å². The predicted molar refractivity (Wildman–Crippen MR) is 55.2 cm³/mol.